The van der Waals surface area contributed by atoms with Crippen LogP contribution in [0.2, 0.25) is 5.02 Å². The number of halogens is 2. The maximum Gasteiger partial charge on any atom is 0.211 e. The van der Waals surface area contributed by atoms with Crippen LogP contribution in [-0.4, -0.2) is 51.2 Å². The van der Waals surface area contributed by atoms with Crippen LogP contribution in [0.3, 0.4) is 0 Å². The lowest BCUT2D eigenvalue weighted by Crippen LogP contribution is -2.51. The first kappa shape index (κ1) is 24.7. The van der Waals surface area contributed by atoms with Gasteiger partial charge in [-0.1, -0.05) is 37.6 Å². The first-order valence-corrected chi connectivity index (χ1v) is 12.9. The Kier molecular flexibility index (Phi) is 7.61. The van der Waals surface area contributed by atoms with Gasteiger partial charge in [0.25, 0.3) is 0 Å². The van der Waals surface area contributed by atoms with Gasteiger partial charge in [-0.2, -0.15) is 5.26 Å². The monoisotopic (exact) mass is 496 g/mol. The summed E-state index contributed by atoms with van der Waals surface area (Å²) in [6, 6.07) is 13.5. The van der Waals surface area contributed by atoms with Crippen molar-refractivity contribution < 1.29 is 17.9 Å². The molecule has 0 saturated carbocycles. The molecule has 0 amide bonds. The molecule has 0 spiro atoms. The summed E-state index contributed by atoms with van der Waals surface area (Å²) in [4.78, 5) is 0. The maximum atomic E-state index is 11.5. The minimum Gasteiger partial charge on any atom is -0.493 e. The van der Waals surface area contributed by atoms with Crippen molar-refractivity contribution in [3.8, 4) is 17.6 Å². The summed E-state index contributed by atoms with van der Waals surface area (Å²) in [5, 5.41) is 9.93. The van der Waals surface area contributed by atoms with Crippen LogP contribution in [0, 0.1) is 17.2 Å². The topological polar surface area (TPSA) is 79.6 Å². The van der Waals surface area contributed by atoms with E-state index in [0.29, 0.717) is 41.9 Å². The van der Waals surface area contributed by atoms with E-state index in [9.17, 15) is 13.7 Å². The number of nitriles is 1. The van der Waals surface area contributed by atoms with Crippen molar-refractivity contribution in [2.45, 2.75) is 19.3 Å². The molecule has 2 aromatic rings. The molecule has 1 saturated heterocycles. The van der Waals surface area contributed by atoms with E-state index in [1.807, 2.05) is 30.3 Å². The summed E-state index contributed by atoms with van der Waals surface area (Å²) in [6.45, 7) is 5.85. The molecule has 0 aliphatic carbocycles. The zero-order valence-electron chi connectivity index (χ0n) is 18.3. The molecular formula is C23H26Cl2N2O4S. The van der Waals surface area contributed by atoms with Gasteiger partial charge < -0.3 is 9.47 Å². The molecule has 3 rings (SSSR count). The van der Waals surface area contributed by atoms with Crippen LogP contribution >= 0.6 is 23.2 Å². The molecule has 0 unspecified atom stereocenters. The molecule has 172 valence electrons. The van der Waals surface area contributed by atoms with Crippen LogP contribution in [-0.2, 0) is 15.4 Å². The fourth-order valence-corrected chi connectivity index (χ4v) is 4.89. The lowest BCUT2D eigenvalue weighted by molar-refractivity contribution is 0.130. The maximum absolute atomic E-state index is 11.5. The first-order chi connectivity index (χ1) is 15.1. The van der Waals surface area contributed by atoms with Gasteiger partial charge in [0, 0.05) is 24.4 Å². The average Bonchev–Trinajstić information content (AvgIpc) is 2.70. The highest BCUT2D eigenvalue weighted by Gasteiger charge is 2.33. The Labute approximate surface area is 199 Å². The minimum absolute atomic E-state index is 0.201. The van der Waals surface area contributed by atoms with E-state index in [1.54, 1.807) is 6.07 Å². The van der Waals surface area contributed by atoms with Gasteiger partial charge in [0.1, 0.15) is 18.4 Å². The highest BCUT2D eigenvalue weighted by molar-refractivity contribution is 7.88. The van der Waals surface area contributed by atoms with E-state index in [2.05, 4.69) is 19.9 Å². The number of hydrogen-bond donors (Lipinski definition) is 0. The number of nitrogens with zero attached hydrogens (tertiary/aromatic N) is 2. The number of alkyl halides is 1. The fourth-order valence-electron chi connectivity index (χ4n) is 3.57. The Hall–Kier alpha value is -1.98. The molecule has 0 radical (unpaired) electrons. The predicted molar refractivity (Wildman–Crippen MR) is 126 cm³/mol. The standard InChI is InChI=1S/C23H26Cl2N2O4S/c1-23(2,19-10-17(12-26)22(21(25)11-19)30-9-8-24)18-4-6-20(7-5-18)31-15-16-13-27(14-16)32(3,28)29/h4-7,10-11,16H,8-9,13-15H2,1-3H3. The van der Waals surface area contributed by atoms with E-state index in [0.717, 1.165) is 16.9 Å². The molecular weight excluding hydrogens is 471 g/mol. The van der Waals surface area contributed by atoms with Crippen molar-refractivity contribution in [3.63, 3.8) is 0 Å². The van der Waals surface area contributed by atoms with Crippen molar-refractivity contribution in [2.24, 2.45) is 5.92 Å². The molecule has 2 aromatic carbocycles. The summed E-state index contributed by atoms with van der Waals surface area (Å²) in [5.74, 6) is 1.58. The molecule has 32 heavy (non-hydrogen) atoms. The minimum atomic E-state index is -3.11. The normalized spacial score (nSPS) is 15.1. The summed E-state index contributed by atoms with van der Waals surface area (Å²) in [6.07, 6.45) is 1.22. The Balaban J connectivity index is 1.70. The highest BCUT2D eigenvalue weighted by atomic mass is 35.5. The second-order valence-electron chi connectivity index (χ2n) is 8.39. The third-order valence-corrected chi connectivity index (χ3v) is 7.33. The molecule has 0 bridgehead atoms. The highest BCUT2D eigenvalue weighted by Crippen LogP contribution is 2.38. The Morgan fingerprint density at radius 3 is 2.38 bits per heavy atom. The molecule has 1 fully saturated rings. The molecule has 9 heteroatoms. The van der Waals surface area contributed by atoms with Gasteiger partial charge in [0.2, 0.25) is 10.0 Å². The average molecular weight is 497 g/mol. The van der Waals surface area contributed by atoms with Gasteiger partial charge in [-0.25, -0.2) is 12.7 Å². The predicted octanol–water partition coefficient (Wildman–Crippen LogP) is 4.43. The quantitative estimate of drug-likeness (QED) is 0.479. The number of ether oxygens (including phenoxy) is 2. The molecule has 0 aromatic heterocycles. The van der Waals surface area contributed by atoms with Gasteiger partial charge in [0.15, 0.2) is 5.75 Å². The number of rotatable bonds is 9. The van der Waals surface area contributed by atoms with E-state index >= 15 is 0 Å². The second-order valence-corrected chi connectivity index (χ2v) is 11.2. The SMILES string of the molecule is CC(C)(c1ccc(OCC2CN(S(C)(=O)=O)C2)cc1)c1cc(Cl)c(OCCCl)c(C#N)c1. The van der Waals surface area contributed by atoms with E-state index in [1.165, 1.54) is 10.6 Å². The van der Waals surface area contributed by atoms with E-state index < -0.39 is 15.4 Å². The van der Waals surface area contributed by atoms with Gasteiger partial charge in [-0.3, -0.25) is 0 Å². The summed E-state index contributed by atoms with van der Waals surface area (Å²) in [7, 11) is -3.11. The summed E-state index contributed by atoms with van der Waals surface area (Å²) < 4.78 is 35.7. The Bertz CT molecular complexity index is 1110. The van der Waals surface area contributed by atoms with Crippen molar-refractivity contribution in [1.82, 2.24) is 4.31 Å². The van der Waals surface area contributed by atoms with Gasteiger partial charge in [-0.15, -0.1) is 11.6 Å². The largest absolute Gasteiger partial charge is 0.493 e. The van der Waals surface area contributed by atoms with Crippen LogP contribution in [0.5, 0.6) is 11.5 Å². The molecule has 0 N–H and O–H groups in total. The zero-order chi connectivity index (χ0) is 23.5. The molecule has 1 aliphatic rings. The smallest absolute Gasteiger partial charge is 0.211 e. The van der Waals surface area contributed by atoms with Crippen LogP contribution in [0.4, 0.5) is 0 Å². The van der Waals surface area contributed by atoms with E-state index in [4.69, 9.17) is 32.7 Å². The zero-order valence-corrected chi connectivity index (χ0v) is 20.6. The molecule has 1 heterocycles. The van der Waals surface area contributed by atoms with Crippen LogP contribution in [0.1, 0.15) is 30.5 Å². The first-order valence-electron chi connectivity index (χ1n) is 10.2. The van der Waals surface area contributed by atoms with Crippen molar-refractivity contribution in [1.29, 1.82) is 5.26 Å². The fraction of sp³-hybridized carbons (Fsp3) is 0.435. The van der Waals surface area contributed by atoms with Crippen molar-refractivity contribution in [2.75, 3.05) is 38.4 Å². The summed E-state index contributed by atoms with van der Waals surface area (Å²) in [5.41, 5.74) is 1.88. The third-order valence-electron chi connectivity index (χ3n) is 5.66. The van der Waals surface area contributed by atoms with Gasteiger partial charge in [0.05, 0.1) is 29.3 Å². The Morgan fingerprint density at radius 2 is 1.81 bits per heavy atom. The molecule has 1 aliphatic heterocycles. The van der Waals surface area contributed by atoms with Crippen LogP contribution in [0.25, 0.3) is 0 Å². The van der Waals surface area contributed by atoms with E-state index in [-0.39, 0.29) is 12.5 Å². The Morgan fingerprint density at radius 1 is 1.16 bits per heavy atom. The summed E-state index contributed by atoms with van der Waals surface area (Å²) >= 11 is 12.1. The number of hydrogen-bond acceptors (Lipinski definition) is 5. The van der Waals surface area contributed by atoms with Gasteiger partial charge in [-0.05, 0) is 35.4 Å². The van der Waals surface area contributed by atoms with Crippen molar-refractivity contribution >= 4 is 33.2 Å². The lowest BCUT2D eigenvalue weighted by atomic mass is 9.77. The number of benzene rings is 2. The number of sulfonamides is 1. The lowest BCUT2D eigenvalue weighted by Gasteiger charge is -2.36. The third kappa shape index (κ3) is 5.49. The second kappa shape index (κ2) is 9.88. The van der Waals surface area contributed by atoms with Crippen molar-refractivity contribution in [3.05, 3.63) is 58.1 Å². The molecule has 0 atom stereocenters. The van der Waals surface area contributed by atoms with Crippen LogP contribution < -0.4 is 9.47 Å². The van der Waals surface area contributed by atoms with Crippen LogP contribution in [0.15, 0.2) is 36.4 Å². The molecule has 6 nitrogen and oxygen atoms in total. The van der Waals surface area contributed by atoms with Gasteiger partial charge >= 0.3 is 0 Å².